The maximum atomic E-state index is 12.7. The van der Waals surface area contributed by atoms with E-state index in [0.717, 1.165) is 23.0 Å². The number of amides is 3. The molecule has 0 aliphatic heterocycles. The van der Waals surface area contributed by atoms with Crippen molar-refractivity contribution in [3.63, 3.8) is 0 Å². The number of carbonyl (C=O) groups excluding carboxylic acids is 2. The van der Waals surface area contributed by atoms with E-state index in [1.54, 1.807) is 18.2 Å². The maximum absolute atomic E-state index is 12.7. The van der Waals surface area contributed by atoms with Gasteiger partial charge in [0, 0.05) is 30.0 Å². The zero-order valence-corrected chi connectivity index (χ0v) is 13.6. The van der Waals surface area contributed by atoms with E-state index in [0.29, 0.717) is 0 Å². The Morgan fingerprint density at radius 2 is 1.81 bits per heavy atom. The van der Waals surface area contributed by atoms with Crippen molar-refractivity contribution in [2.24, 2.45) is 7.05 Å². The summed E-state index contributed by atoms with van der Waals surface area (Å²) in [5.74, 6) is -0.655. The van der Waals surface area contributed by atoms with Crippen molar-refractivity contribution in [3.05, 3.63) is 65.9 Å². The number of rotatable bonds is 2. The van der Waals surface area contributed by atoms with E-state index in [4.69, 9.17) is 0 Å². The molecule has 1 aromatic heterocycles. The number of hydrogen-bond donors (Lipinski definition) is 2. The number of fused-ring (bicyclic) bond motifs is 1. The molecule has 3 aromatic rings. The van der Waals surface area contributed by atoms with Crippen molar-refractivity contribution in [1.29, 1.82) is 0 Å². The van der Waals surface area contributed by atoms with Crippen LogP contribution in [0.25, 0.3) is 10.9 Å². The molecule has 3 rings (SSSR count). The number of aryl methyl sites for hydroxylation is 1. The zero-order valence-electron chi connectivity index (χ0n) is 13.6. The van der Waals surface area contributed by atoms with Crippen LogP contribution in [-0.2, 0) is 13.2 Å². The normalized spacial score (nSPS) is 11.4. The van der Waals surface area contributed by atoms with Crippen LogP contribution in [0.1, 0.15) is 15.9 Å². The van der Waals surface area contributed by atoms with Crippen molar-refractivity contribution in [2.75, 3.05) is 5.32 Å². The molecule has 0 fully saturated rings. The number of alkyl halides is 3. The van der Waals surface area contributed by atoms with E-state index in [9.17, 15) is 22.8 Å². The average molecular weight is 361 g/mol. The number of benzene rings is 2. The molecule has 26 heavy (non-hydrogen) atoms. The van der Waals surface area contributed by atoms with Crippen molar-refractivity contribution in [3.8, 4) is 0 Å². The SMILES string of the molecule is Cn1ccc2ccc(C(=O)NC(=O)Nc3cccc(C(F)(F)F)c3)cc21. The summed E-state index contributed by atoms with van der Waals surface area (Å²) in [5, 5.41) is 5.26. The molecular formula is C18H14F3N3O2. The summed E-state index contributed by atoms with van der Waals surface area (Å²) in [6.07, 6.45) is -2.68. The first-order valence-corrected chi connectivity index (χ1v) is 7.59. The Labute approximate surface area is 146 Å². The highest BCUT2D eigenvalue weighted by atomic mass is 19.4. The second-order valence-corrected chi connectivity index (χ2v) is 5.69. The summed E-state index contributed by atoms with van der Waals surface area (Å²) in [6, 6.07) is 10.1. The van der Waals surface area contributed by atoms with Gasteiger partial charge in [0.25, 0.3) is 5.91 Å². The van der Waals surface area contributed by atoms with Crippen LogP contribution in [0.2, 0.25) is 0 Å². The van der Waals surface area contributed by atoms with Gasteiger partial charge in [-0.15, -0.1) is 0 Å². The lowest BCUT2D eigenvalue weighted by Gasteiger charge is -2.10. The van der Waals surface area contributed by atoms with Gasteiger partial charge >= 0.3 is 12.2 Å². The molecule has 134 valence electrons. The van der Waals surface area contributed by atoms with Crippen LogP contribution >= 0.6 is 0 Å². The van der Waals surface area contributed by atoms with Gasteiger partial charge in [-0.05, 0) is 41.8 Å². The van der Waals surface area contributed by atoms with Gasteiger partial charge in [0.2, 0.25) is 0 Å². The summed E-state index contributed by atoms with van der Waals surface area (Å²) >= 11 is 0. The molecule has 0 saturated carbocycles. The number of urea groups is 1. The molecule has 3 amide bonds. The molecule has 0 radical (unpaired) electrons. The van der Waals surface area contributed by atoms with Crippen LogP contribution in [0, 0.1) is 0 Å². The molecule has 0 aliphatic carbocycles. The van der Waals surface area contributed by atoms with Gasteiger partial charge < -0.3 is 9.88 Å². The first-order chi connectivity index (χ1) is 12.2. The van der Waals surface area contributed by atoms with Gasteiger partial charge in [-0.1, -0.05) is 12.1 Å². The Balaban J connectivity index is 1.71. The standard InChI is InChI=1S/C18H14F3N3O2/c1-24-8-7-11-5-6-12(9-15(11)24)16(25)23-17(26)22-14-4-2-3-13(10-14)18(19,20)21/h2-10H,1H3,(H2,22,23,25,26). The Hall–Kier alpha value is -3.29. The number of hydrogen-bond acceptors (Lipinski definition) is 2. The van der Waals surface area contributed by atoms with Crippen LogP contribution in [0.5, 0.6) is 0 Å². The highest BCUT2D eigenvalue weighted by molar-refractivity contribution is 6.09. The summed E-state index contributed by atoms with van der Waals surface area (Å²) in [5.41, 5.74) is 0.119. The molecule has 0 spiro atoms. The predicted molar refractivity (Wildman–Crippen MR) is 90.8 cm³/mol. The Kier molecular flexibility index (Phi) is 4.41. The summed E-state index contributed by atoms with van der Waals surface area (Å²) in [7, 11) is 1.82. The molecule has 0 saturated heterocycles. The van der Waals surface area contributed by atoms with Gasteiger partial charge in [0.1, 0.15) is 0 Å². The summed E-state index contributed by atoms with van der Waals surface area (Å²) in [6.45, 7) is 0. The summed E-state index contributed by atoms with van der Waals surface area (Å²) < 4.78 is 39.9. The molecule has 1 heterocycles. The van der Waals surface area contributed by atoms with E-state index in [2.05, 4.69) is 10.6 Å². The fourth-order valence-electron chi connectivity index (χ4n) is 2.51. The Bertz CT molecular complexity index is 993. The number of imide groups is 1. The lowest BCUT2D eigenvalue weighted by atomic mass is 10.1. The number of nitrogens with zero attached hydrogens (tertiary/aromatic N) is 1. The molecule has 0 atom stereocenters. The van der Waals surface area contributed by atoms with Crippen LogP contribution in [-0.4, -0.2) is 16.5 Å². The van der Waals surface area contributed by atoms with Gasteiger partial charge in [0.05, 0.1) is 5.56 Å². The molecule has 2 N–H and O–H groups in total. The first kappa shape index (κ1) is 17.5. The molecule has 8 heteroatoms. The lowest BCUT2D eigenvalue weighted by molar-refractivity contribution is -0.137. The maximum Gasteiger partial charge on any atom is 0.416 e. The topological polar surface area (TPSA) is 63.1 Å². The lowest BCUT2D eigenvalue weighted by Crippen LogP contribution is -2.34. The monoisotopic (exact) mass is 361 g/mol. The van der Waals surface area contributed by atoms with Crippen LogP contribution in [0.3, 0.4) is 0 Å². The highest BCUT2D eigenvalue weighted by Gasteiger charge is 2.30. The predicted octanol–water partition coefficient (Wildman–Crippen LogP) is 4.16. The third kappa shape index (κ3) is 3.69. The smallest absolute Gasteiger partial charge is 0.351 e. The van der Waals surface area contributed by atoms with Gasteiger partial charge in [-0.3, -0.25) is 10.1 Å². The molecule has 0 aliphatic rings. The third-order valence-electron chi connectivity index (χ3n) is 3.83. The number of carbonyl (C=O) groups is 2. The van der Waals surface area contributed by atoms with E-state index in [1.165, 1.54) is 12.1 Å². The summed E-state index contributed by atoms with van der Waals surface area (Å²) in [4.78, 5) is 24.1. The van der Waals surface area contributed by atoms with Gasteiger partial charge in [-0.2, -0.15) is 13.2 Å². The number of halogens is 3. The first-order valence-electron chi connectivity index (χ1n) is 7.59. The van der Waals surface area contributed by atoms with Crippen molar-refractivity contribution >= 4 is 28.5 Å². The minimum Gasteiger partial charge on any atom is -0.351 e. The van der Waals surface area contributed by atoms with Crippen molar-refractivity contribution < 1.29 is 22.8 Å². The van der Waals surface area contributed by atoms with Crippen molar-refractivity contribution in [2.45, 2.75) is 6.18 Å². The minimum absolute atomic E-state index is 0.0667. The van der Waals surface area contributed by atoms with Gasteiger partial charge in [-0.25, -0.2) is 4.79 Å². The highest BCUT2D eigenvalue weighted by Crippen LogP contribution is 2.30. The number of aromatic nitrogens is 1. The third-order valence-corrected chi connectivity index (χ3v) is 3.83. The Morgan fingerprint density at radius 1 is 1.04 bits per heavy atom. The second kappa shape index (κ2) is 6.55. The molecule has 0 unspecified atom stereocenters. The van der Waals surface area contributed by atoms with Gasteiger partial charge in [0.15, 0.2) is 0 Å². The van der Waals surface area contributed by atoms with Crippen LogP contribution in [0.15, 0.2) is 54.7 Å². The van der Waals surface area contributed by atoms with Crippen LogP contribution in [0.4, 0.5) is 23.7 Å². The molecule has 2 aromatic carbocycles. The molecule has 5 nitrogen and oxygen atoms in total. The Morgan fingerprint density at radius 3 is 2.54 bits per heavy atom. The van der Waals surface area contributed by atoms with E-state index < -0.39 is 23.7 Å². The van der Waals surface area contributed by atoms with Crippen molar-refractivity contribution in [1.82, 2.24) is 9.88 Å². The minimum atomic E-state index is -4.52. The van der Waals surface area contributed by atoms with E-state index in [1.807, 2.05) is 23.9 Å². The average Bonchev–Trinajstić information content (AvgIpc) is 2.95. The quantitative estimate of drug-likeness (QED) is 0.720. The number of nitrogens with one attached hydrogen (secondary N) is 2. The molecular weight excluding hydrogens is 347 g/mol. The van der Waals surface area contributed by atoms with Crippen LogP contribution < -0.4 is 10.6 Å². The zero-order chi connectivity index (χ0) is 18.9. The van der Waals surface area contributed by atoms with E-state index in [-0.39, 0.29) is 11.3 Å². The second-order valence-electron chi connectivity index (χ2n) is 5.69. The number of anilines is 1. The fraction of sp³-hybridized carbons (Fsp3) is 0.111. The fourth-order valence-corrected chi connectivity index (χ4v) is 2.51. The molecule has 0 bridgehead atoms. The largest absolute Gasteiger partial charge is 0.416 e. The van der Waals surface area contributed by atoms with E-state index >= 15 is 0 Å².